The van der Waals surface area contributed by atoms with E-state index in [-0.39, 0.29) is 5.91 Å². The highest BCUT2D eigenvalue weighted by Gasteiger charge is 2.23. The van der Waals surface area contributed by atoms with Gasteiger partial charge in [0.2, 0.25) is 0 Å². The Balaban J connectivity index is 1.70. The lowest BCUT2D eigenvalue weighted by Crippen LogP contribution is -2.37. The lowest BCUT2D eigenvalue weighted by Gasteiger charge is -2.30. The lowest BCUT2D eigenvalue weighted by atomic mass is 9.99. The first kappa shape index (κ1) is 17.0. The van der Waals surface area contributed by atoms with E-state index in [1.807, 2.05) is 46.8 Å². The van der Waals surface area contributed by atoms with E-state index in [9.17, 15) is 4.79 Å². The van der Waals surface area contributed by atoms with Gasteiger partial charge in [0.1, 0.15) is 11.3 Å². The van der Waals surface area contributed by atoms with Gasteiger partial charge in [0.15, 0.2) is 5.65 Å². The molecule has 0 radical (unpaired) electrons. The van der Waals surface area contributed by atoms with Gasteiger partial charge < -0.3 is 9.47 Å². The predicted octanol–water partition coefficient (Wildman–Crippen LogP) is 4.16. The summed E-state index contributed by atoms with van der Waals surface area (Å²) in [5.41, 5.74) is 2.89. The number of imidazole rings is 1. The Kier molecular flexibility index (Phi) is 4.41. The van der Waals surface area contributed by atoms with Crippen LogP contribution in [0.2, 0.25) is 5.02 Å². The van der Waals surface area contributed by atoms with Crippen molar-refractivity contribution in [3.63, 3.8) is 0 Å². The van der Waals surface area contributed by atoms with Gasteiger partial charge in [-0.1, -0.05) is 30.7 Å². The number of benzene rings is 1. The molecule has 5 nitrogen and oxygen atoms in total. The Hall–Kier alpha value is -2.40. The molecule has 4 rings (SSSR count). The van der Waals surface area contributed by atoms with E-state index in [0.29, 0.717) is 22.0 Å². The maximum Gasteiger partial charge on any atom is 0.255 e. The molecule has 3 heterocycles. The average molecular weight is 369 g/mol. The third kappa shape index (κ3) is 2.97. The van der Waals surface area contributed by atoms with Gasteiger partial charge in [-0.25, -0.2) is 9.97 Å². The van der Waals surface area contributed by atoms with Gasteiger partial charge in [0.25, 0.3) is 5.91 Å². The highest BCUT2D eigenvalue weighted by Crippen LogP contribution is 2.29. The van der Waals surface area contributed by atoms with Crippen LogP contribution in [0, 0.1) is 5.92 Å². The summed E-state index contributed by atoms with van der Waals surface area (Å²) in [6.07, 6.45) is 3.77. The molecule has 26 heavy (non-hydrogen) atoms. The first-order chi connectivity index (χ1) is 12.5. The standard InChI is InChI=1S/C20H21ClN4O/c1-13-7-9-25(10-8-13)20(26)14-11-17-19(22-12-14)24(2)18(23-17)15-5-3-4-6-16(15)21/h3-6,11-13H,7-10H2,1-2H3. The highest BCUT2D eigenvalue weighted by molar-refractivity contribution is 6.33. The Bertz CT molecular complexity index is 973. The van der Waals surface area contributed by atoms with E-state index < -0.39 is 0 Å². The molecular weight excluding hydrogens is 348 g/mol. The second-order valence-corrected chi connectivity index (χ2v) is 7.42. The van der Waals surface area contributed by atoms with Crippen LogP contribution in [0.1, 0.15) is 30.1 Å². The van der Waals surface area contributed by atoms with Crippen molar-refractivity contribution in [2.75, 3.05) is 13.1 Å². The van der Waals surface area contributed by atoms with Gasteiger partial charge in [0, 0.05) is 31.9 Å². The quantitative estimate of drug-likeness (QED) is 0.682. The predicted molar refractivity (Wildman–Crippen MR) is 103 cm³/mol. The molecular formula is C20H21ClN4O. The monoisotopic (exact) mass is 368 g/mol. The maximum absolute atomic E-state index is 12.8. The summed E-state index contributed by atoms with van der Waals surface area (Å²) in [4.78, 5) is 23.9. The molecule has 1 aliphatic heterocycles. The van der Waals surface area contributed by atoms with Crippen molar-refractivity contribution < 1.29 is 4.79 Å². The van der Waals surface area contributed by atoms with E-state index >= 15 is 0 Å². The molecule has 1 aliphatic rings. The number of carbonyl (C=O) groups excluding carboxylic acids is 1. The molecule has 0 unspecified atom stereocenters. The molecule has 0 saturated carbocycles. The number of carbonyl (C=O) groups is 1. The average Bonchev–Trinajstić information content (AvgIpc) is 2.98. The number of piperidine rings is 1. The van der Waals surface area contributed by atoms with Crippen molar-refractivity contribution in [1.82, 2.24) is 19.4 Å². The van der Waals surface area contributed by atoms with Crippen LogP contribution in [-0.2, 0) is 7.05 Å². The molecule has 0 N–H and O–H groups in total. The maximum atomic E-state index is 12.8. The van der Waals surface area contributed by atoms with Crippen molar-refractivity contribution >= 4 is 28.7 Å². The SMILES string of the molecule is CC1CCN(C(=O)c2cnc3c(c2)nc(-c2ccccc2Cl)n3C)CC1. The zero-order chi connectivity index (χ0) is 18.3. The summed E-state index contributed by atoms with van der Waals surface area (Å²) < 4.78 is 1.91. The molecule has 0 aliphatic carbocycles. The fourth-order valence-electron chi connectivity index (χ4n) is 3.47. The van der Waals surface area contributed by atoms with E-state index in [2.05, 4.69) is 16.9 Å². The van der Waals surface area contributed by atoms with Crippen LogP contribution in [0.3, 0.4) is 0 Å². The molecule has 2 aromatic heterocycles. The minimum absolute atomic E-state index is 0.0382. The Morgan fingerprint density at radius 1 is 1.23 bits per heavy atom. The molecule has 0 spiro atoms. The molecule has 6 heteroatoms. The number of nitrogens with zero attached hydrogens (tertiary/aromatic N) is 4. The third-order valence-electron chi connectivity index (χ3n) is 5.14. The normalized spacial score (nSPS) is 15.6. The molecule has 1 saturated heterocycles. The summed E-state index contributed by atoms with van der Waals surface area (Å²) >= 11 is 6.32. The van der Waals surface area contributed by atoms with Crippen LogP contribution < -0.4 is 0 Å². The van der Waals surface area contributed by atoms with Crippen molar-refractivity contribution in [3.8, 4) is 11.4 Å². The molecule has 0 atom stereocenters. The Morgan fingerprint density at radius 3 is 2.69 bits per heavy atom. The summed E-state index contributed by atoms with van der Waals surface area (Å²) in [6.45, 7) is 3.86. The summed E-state index contributed by atoms with van der Waals surface area (Å²) in [5.74, 6) is 1.47. The number of hydrogen-bond donors (Lipinski definition) is 0. The largest absolute Gasteiger partial charge is 0.339 e. The van der Waals surface area contributed by atoms with Gasteiger partial charge in [0.05, 0.1) is 10.6 Å². The van der Waals surface area contributed by atoms with Gasteiger partial charge in [-0.15, -0.1) is 0 Å². The van der Waals surface area contributed by atoms with Crippen molar-refractivity contribution in [1.29, 1.82) is 0 Å². The minimum atomic E-state index is 0.0382. The molecule has 3 aromatic rings. The number of pyridine rings is 1. The number of amides is 1. The second-order valence-electron chi connectivity index (χ2n) is 7.02. The molecule has 1 fully saturated rings. The zero-order valence-corrected chi connectivity index (χ0v) is 15.7. The van der Waals surface area contributed by atoms with Crippen LogP contribution in [0.5, 0.6) is 0 Å². The Labute approximate surface area is 157 Å². The van der Waals surface area contributed by atoms with E-state index in [0.717, 1.165) is 43.0 Å². The Morgan fingerprint density at radius 2 is 1.96 bits per heavy atom. The zero-order valence-electron chi connectivity index (χ0n) is 14.9. The number of aryl methyl sites for hydroxylation is 1. The molecule has 1 amide bonds. The third-order valence-corrected chi connectivity index (χ3v) is 5.47. The molecule has 134 valence electrons. The van der Waals surface area contributed by atoms with E-state index in [4.69, 9.17) is 11.6 Å². The van der Waals surface area contributed by atoms with Crippen molar-refractivity contribution in [3.05, 3.63) is 47.1 Å². The van der Waals surface area contributed by atoms with Crippen LogP contribution in [0.25, 0.3) is 22.6 Å². The number of hydrogen-bond acceptors (Lipinski definition) is 3. The van der Waals surface area contributed by atoms with Crippen LogP contribution in [0.4, 0.5) is 0 Å². The van der Waals surface area contributed by atoms with Crippen molar-refractivity contribution in [2.45, 2.75) is 19.8 Å². The van der Waals surface area contributed by atoms with Gasteiger partial charge in [-0.3, -0.25) is 4.79 Å². The van der Waals surface area contributed by atoms with Gasteiger partial charge in [-0.05, 0) is 37.0 Å². The topological polar surface area (TPSA) is 51.0 Å². The minimum Gasteiger partial charge on any atom is -0.339 e. The number of halogens is 1. The fraction of sp³-hybridized carbons (Fsp3) is 0.350. The van der Waals surface area contributed by atoms with Gasteiger partial charge >= 0.3 is 0 Å². The van der Waals surface area contributed by atoms with Crippen LogP contribution >= 0.6 is 11.6 Å². The van der Waals surface area contributed by atoms with Crippen LogP contribution in [-0.4, -0.2) is 38.4 Å². The van der Waals surface area contributed by atoms with Crippen molar-refractivity contribution in [2.24, 2.45) is 13.0 Å². The molecule has 1 aromatic carbocycles. The number of likely N-dealkylation sites (tertiary alicyclic amines) is 1. The van der Waals surface area contributed by atoms with E-state index in [1.165, 1.54) is 0 Å². The summed E-state index contributed by atoms with van der Waals surface area (Å²) in [7, 11) is 1.91. The summed E-state index contributed by atoms with van der Waals surface area (Å²) in [5, 5.41) is 0.643. The molecule has 0 bridgehead atoms. The van der Waals surface area contributed by atoms with E-state index in [1.54, 1.807) is 6.20 Å². The number of rotatable bonds is 2. The first-order valence-corrected chi connectivity index (χ1v) is 9.29. The smallest absolute Gasteiger partial charge is 0.255 e. The number of fused-ring (bicyclic) bond motifs is 1. The summed E-state index contributed by atoms with van der Waals surface area (Å²) in [6, 6.07) is 9.44. The second kappa shape index (κ2) is 6.72. The van der Waals surface area contributed by atoms with Crippen LogP contribution in [0.15, 0.2) is 36.5 Å². The fourth-order valence-corrected chi connectivity index (χ4v) is 3.69. The lowest BCUT2D eigenvalue weighted by molar-refractivity contribution is 0.0697. The van der Waals surface area contributed by atoms with Gasteiger partial charge in [-0.2, -0.15) is 0 Å². The first-order valence-electron chi connectivity index (χ1n) is 8.91. The highest BCUT2D eigenvalue weighted by atomic mass is 35.5. The number of aromatic nitrogens is 3.